The largest absolute Gasteiger partial charge is 0.497 e. The van der Waals surface area contributed by atoms with E-state index in [9.17, 15) is 9.59 Å². The standard InChI is InChI=1S/C21H25N3O4/c1-4-5-13-24-18-17(7-6-12-22-18)28-21(2,20(24)26)19(25)23-14-15-8-10-16(27-3)11-9-15/h6-12H,4-5,13-14H2,1-3H3,(H,23,25)/t21-/m0/s1. The van der Waals surface area contributed by atoms with Crippen LogP contribution in [0.3, 0.4) is 0 Å². The molecule has 1 aromatic carbocycles. The molecule has 1 aliphatic heterocycles. The normalized spacial score (nSPS) is 18.2. The Morgan fingerprint density at radius 2 is 2.04 bits per heavy atom. The van der Waals surface area contributed by atoms with Gasteiger partial charge in [0, 0.05) is 19.3 Å². The lowest BCUT2D eigenvalue weighted by Gasteiger charge is -2.38. The topological polar surface area (TPSA) is 80.8 Å². The Labute approximate surface area is 164 Å². The summed E-state index contributed by atoms with van der Waals surface area (Å²) in [6, 6.07) is 10.8. The van der Waals surface area contributed by atoms with E-state index in [0.717, 1.165) is 24.2 Å². The number of ether oxygens (including phenoxy) is 2. The summed E-state index contributed by atoms with van der Waals surface area (Å²) in [7, 11) is 1.60. The molecule has 1 N–H and O–H groups in total. The fourth-order valence-electron chi connectivity index (χ4n) is 3.04. The maximum Gasteiger partial charge on any atom is 0.282 e. The number of benzene rings is 1. The van der Waals surface area contributed by atoms with Crippen molar-refractivity contribution in [2.75, 3.05) is 18.6 Å². The van der Waals surface area contributed by atoms with Gasteiger partial charge >= 0.3 is 0 Å². The van der Waals surface area contributed by atoms with Gasteiger partial charge in [0.25, 0.3) is 17.4 Å². The van der Waals surface area contributed by atoms with Gasteiger partial charge in [-0.15, -0.1) is 0 Å². The number of nitrogens with zero attached hydrogens (tertiary/aromatic N) is 2. The summed E-state index contributed by atoms with van der Waals surface area (Å²) in [5.74, 6) is 0.744. The Hall–Kier alpha value is -3.09. The molecule has 0 radical (unpaired) electrons. The van der Waals surface area contributed by atoms with Gasteiger partial charge in [-0.2, -0.15) is 0 Å². The first-order valence-electron chi connectivity index (χ1n) is 9.37. The number of fused-ring (bicyclic) bond motifs is 1. The Morgan fingerprint density at radius 1 is 1.29 bits per heavy atom. The van der Waals surface area contributed by atoms with E-state index in [0.29, 0.717) is 18.1 Å². The molecule has 1 aliphatic rings. The highest BCUT2D eigenvalue weighted by Gasteiger charge is 2.50. The Balaban J connectivity index is 1.78. The Kier molecular flexibility index (Phi) is 5.82. The first-order valence-corrected chi connectivity index (χ1v) is 9.37. The van der Waals surface area contributed by atoms with Crippen molar-refractivity contribution < 1.29 is 19.1 Å². The van der Waals surface area contributed by atoms with E-state index < -0.39 is 17.4 Å². The number of aromatic nitrogens is 1. The van der Waals surface area contributed by atoms with Crippen LogP contribution in [0.15, 0.2) is 42.6 Å². The van der Waals surface area contributed by atoms with Gasteiger partial charge in [-0.25, -0.2) is 4.98 Å². The maximum atomic E-state index is 13.1. The van der Waals surface area contributed by atoms with Crippen LogP contribution in [0.2, 0.25) is 0 Å². The molecule has 2 heterocycles. The molecule has 0 aliphatic carbocycles. The molecular weight excluding hydrogens is 358 g/mol. The molecule has 28 heavy (non-hydrogen) atoms. The summed E-state index contributed by atoms with van der Waals surface area (Å²) >= 11 is 0. The summed E-state index contributed by atoms with van der Waals surface area (Å²) < 4.78 is 11.0. The average Bonchev–Trinajstić information content (AvgIpc) is 2.72. The average molecular weight is 383 g/mol. The van der Waals surface area contributed by atoms with Crippen LogP contribution < -0.4 is 19.7 Å². The molecule has 148 valence electrons. The lowest BCUT2D eigenvalue weighted by Crippen LogP contribution is -2.62. The van der Waals surface area contributed by atoms with Crippen LogP contribution in [0.25, 0.3) is 0 Å². The molecule has 0 spiro atoms. The highest BCUT2D eigenvalue weighted by Crippen LogP contribution is 2.36. The number of nitrogens with one attached hydrogen (secondary N) is 1. The number of methoxy groups -OCH3 is 1. The Morgan fingerprint density at radius 3 is 2.71 bits per heavy atom. The van der Waals surface area contributed by atoms with Crippen LogP contribution in [0.1, 0.15) is 32.3 Å². The lowest BCUT2D eigenvalue weighted by atomic mass is 10.0. The SMILES string of the molecule is CCCCN1C(=O)[C@](C)(C(=O)NCc2ccc(OC)cc2)Oc2cccnc21. The van der Waals surface area contributed by atoms with Crippen LogP contribution in [0, 0.1) is 0 Å². The van der Waals surface area contributed by atoms with Crippen molar-refractivity contribution in [3.8, 4) is 11.5 Å². The van der Waals surface area contributed by atoms with Gasteiger partial charge in [0.1, 0.15) is 5.75 Å². The fraction of sp³-hybridized carbons (Fsp3) is 0.381. The van der Waals surface area contributed by atoms with Crippen LogP contribution in [0.4, 0.5) is 5.82 Å². The maximum absolute atomic E-state index is 13.1. The van der Waals surface area contributed by atoms with Crippen molar-refractivity contribution in [3.63, 3.8) is 0 Å². The smallest absolute Gasteiger partial charge is 0.282 e. The minimum atomic E-state index is -1.64. The predicted molar refractivity (Wildman–Crippen MR) is 105 cm³/mol. The number of carbonyl (C=O) groups is 2. The monoisotopic (exact) mass is 383 g/mol. The molecule has 2 amide bonds. The van der Waals surface area contributed by atoms with Gasteiger partial charge in [0.15, 0.2) is 11.6 Å². The number of hydrogen-bond acceptors (Lipinski definition) is 5. The van der Waals surface area contributed by atoms with Gasteiger partial charge < -0.3 is 14.8 Å². The van der Waals surface area contributed by atoms with Crippen molar-refractivity contribution in [1.82, 2.24) is 10.3 Å². The number of rotatable bonds is 7. The molecule has 0 unspecified atom stereocenters. The molecule has 0 saturated heterocycles. The third-order valence-corrected chi connectivity index (χ3v) is 4.75. The molecule has 0 fully saturated rings. The molecule has 7 nitrogen and oxygen atoms in total. The number of amides is 2. The molecule has 0 saturated carbocycles. The van der Waals surface area contributed by atoms with E-state index >= 15 is 0 Å². The third-order valence-electron chi connectivity index (χ3n) is 4.75. The molecule has 2 aromatic rings. The van der Waals surface area contributed by atoms with E-state index in [2.05, 4.69) is 10.3 Å². The van der Waals surface area contributed by atoms with Gasteiger partial charge in [-0.3, -0.25) is 14.5 Å². The van der Waals surface area contributed by atoms with Gasteiger partial charge in [-0.1, -0.05) is 25.5 Å². The van der Waals surface area contributed by atoms with Crippen LogP contribution in [-0.4, -0.2) is 36.1 Å². The Bertz CT molecular complexity index is 853. The van der Waals surface area contributed by atoms with Crippen molar-refractivity contribution in [1.29, 1.82) is 0 Å². The minimum Gasteiger partial charge on any atom is -0.497 e. The first kappa shape index (κ1) is 19.7. The second-order valence-corrected chi connectivity index (χ2v) is 6.80. The second-order valence-electron chi connectivity index (χ2n) is 6.80. The zero-order valence-corrected chi connectivity index (χ0v) is 16.4. The molecule has 1 atom stereocenters. The van der Waals surface area contributed by atoms with Gasteiger partial charge in [-0.05, 0) is 43.2 Å². The van der Waals surface area contributed by atoms with E-state index in [1.807, 2.05) is 31.2 Å². The van der Waals surface area contributed by atoms with Crippen LogP contribution in [-0.2, 0) is 16.1 Å². The lowest BCUT2D eigenvalue weighted by molar-refractivity contribution is -0.148. The van der Waals surface area contributed by atoms with Crippen LogP contribution in [0.5, 0.6) is 11.5 Å². The summed E-state index contributed by atoms with van der Waals surface area (Å²) in [4.78, 5) is 31.9. The highest BCUT2D eigenvalue weighted by molar-refractivity contribution is 6.16. The predicted octanol–water partition coefficient (Wildman–Crippen LogP) is 2.69. The van der Waals surface area contributed by atoms with Crippen molar-refractivity contribution in [2.45, 2.75) is 38.8 Å². The highest BCUT2D eigenvalue weighted by atomic mass is 16.5. The van der Waals surface area contributed by atoms with Crippen molar-refractivity contribution in [2.24, 2.45) is 0 Å². The fourth-order valence-corrected chi connectivity index (χ4v) is 3.04. The first-order chi connectivity index (χ1) is 13.5. The number of unbranched alkanes of at least 4 members (excludes halogenated alkanes) is 1. The molecular formula is C21H25N3O4. The summed E-state index contributed by atoms with van der Waals surface area (Å²) in [6.07, 6.45) is 3.35. The van der Waals surface area contributed by atoms with E-state index in [1.165, 1.54) is 6.92 Å². The number of anilines is 1. The summed E-state index contributed by atoms with van der Waals surface area (Å²) in [6.45, 7) is 4.33. The van der Waals surface area contributed by atoms with Gasteiger partial charge in [0.2, 0.25) is 0 Å². The van der Waals surface area contributed by atoms with E-state index in [1.54, 1.807) is 30.3 Å². The summed E-state index contributed by atoms with van der Waals surface area (Å²) in [5.41, 5.74) is -0.748. The van der Waals surface area contributed by atoms with E-state index in [4.69, 9.17) is 9.47 Å². The minimum absolute atomic E-state index is 0.282. The molecule has 7 heteroatoms. The van der Waals surface area contributed by atoms with Gasteiger partial charge in [0.05, 0.1) is 7.11 Å². The number of carbonyl (C=O) groups excluding carboxylic acids is 2. The zero-order chi connectivity index (χ0) is 20.1. The summed E-state index contributed by atoms with van der Waals surface area (Å²) in [5, 5.41) is 2.81. The quantitative estimate of drug-likeness (QED) is 0.744. The van der Waals surface area contributed by atoms with Crippen LogP contribution >= 0.6 is 0 Å². The molecule has 1 aromatic heterocycles. The van der Waals surface area contributed by atoms with Crippen molar-refractivity contribution >= 4 is 17.6 Å². The zero-order valence-electron chi connectivity index (χ0n) is 16.4. The number of pyridine rings is 1. The second kappa shape index (κ2) is 8.29. The third kappa shape index (κ3) is 3.78. The molecule has 3 rings (SSSR count). The number of hydrogen-bond donors (Lipinski definition) is 1. The van der Waals surface area contributed by atoms with Crippen molar-refractivity contribution in [3.05, 3.63) is 48.2 Å². The molecule has 0 bridgehead atoms. The van der Waals surface area contributed by atoms with E-state index in [-0.39, 0.29) is 6.54 Å².